The van der Waals surface area contributed by atoms with Crippen molar-refractivity contribution in [2.75, 3.05) is 0 Å². The molecule has 1 aliphatic rings. The van der Waals surface area contributed by atoms with Gasteiger partial charge in [-0.3, -0.25) is 0 Å². The number of hydrogen-bond acceptors (Lipinski definition) is 0. The van der Waals surface area contributed by atoms with Crippen molar-refractivity contribution in [3.8, 4) is 0 Å². The van der Waals surface area contributed by atoms with Gasteiger partial charge in [-0.15, -0.1) is 0 Å². The van der Waals surface area contributed by atoms with Crippen LogP contribution in [0.2, 0.25) is 0 Å². The fraction of sp³-hybridized carbons (Fsp3) is 1.00. The molecule has 0 radical (unpaired) electrons. The minimum Gasteiger partial charge on any atom is -0.0651 e. The van der Waals surface area contributed by atoms with E-state index < -0.39 is 0 Å². The average Bonchev–Trinajstić information content (AvgIpc) is 2.57. The highest BCUT2D eigenvalue weighted by atomic mass is 14.4. The first kappa shape index (κ1) is 23.0. The summed E-state index contributed by atoms with van der Waals surface area (Å²) in [6.07, 6.45) is 9.99. The van der Waals surface area contributed by atoms with Gasteiger partial charge < -0.3 is 0 Å². The normalized spacial score (nSPS) is 25.3. The molecular formula is C25H50. The van der Waals surface area contributed by atoms with Crippen molar-refractivity contribution in [2.45, 2.75) is 107 Å². The van der Waals surface area contributed by atoms with Gasteiger partial charge in [0, 0.05) is 0 Å². The predicted octanol–water partition coefficient (Wildman–Crippen LogP) is 8.46. The summed E-state index contributed by atoms with van der Waals surface area (Å²) in [6.45, 7) is 22.5. The molecule has 1 rings (SSSR count). The third kappa shape index (κ3) is 6.00. The third-order valence-electron chi connectivity index (χ3n) is 8.69. The maximum absolute atomic E-state index is 2.60. The highest BCUT2D eigenvalue weighted by Gasteiger charge is 2.37. The average molecular weight is 351 g/mol. The topological polar surface area (TPSA) is 0 Å². The van der Waals surface area contributed by atoms with E-state index in [4.69, 9.17) is 0 Å². The molecule has 1 aliphatic carbocycles. The molecule has 0 bridgehead atoms. The summed E-state index contributed by atoms with van der Waals surface area (Å²) < 4.78 is 0. The van der Waals surface area contributed by atoms with Gasteiger partial charge in [-0.05, 0) is 59.7 Å². The Balaban J connectivity index is 2.87. The van der Waals surface area contributed by atoms with E-state index in [9.17, 15) is 0 Å². The fourth-order valence-corrected chi connectivity index (χ4v) is 5.97. The molecule has 0 heterocycles. The van der Waals surface area contributed by atoms with Crippen molar-refractivity contribution in [3.05, 3.63) is 0 Å². The molecule has 0 N–H and O–H groups in total. The van der Waals surface area contributed by atoms with Crippen LogP contribution in [0.4, 0.5) is 0 Å². The second-order valence-corrected chi connectivity index (χ2v) is 10.0. The molecule has 0 amide bonds. The standard InChI is InChI=1S/C25H50/c1-10-17(4)24(12-3)21(8)22(9)25(18(5)11-2)20(7)19(6)16-23-14-13-15-23/h17-25H,10-16H2,1-9H3. The molecule has 0 aromatic carbocycles. The van der Waals surface area contributed by atoms with Crippen molar-refractivity contribution >= 4 is 0 Å². The van der Waals surface area contributed by atoms with Crippen LogP contribution in [0.1, 0.15) is 107 Å². The molecule has 1 saturated carbocycles. The van der Waals surface area contributed by atoms with Crippen molar-refractivity contribution in [1.82, 2.24) is 0 Å². The van der Waals surface area contributed by atoms with Crippen LogP contribution in [0.3, 0.4) is 0 Å². The molecule has 0 heteroatoms. The SMILES string of the molecule is CCC(C)C(CC)C(C)C(C)C(C(C)CC)C(C)C(C)CC1CCC1. The largest absolute Gasteiger partial charge is 0.0651 e. The Morgan fingerprint density at radius 2 is 1.20 bits per heavy atom. The van der Waals surface area contributed by atoms with E-state index in [0.29, 0.717) is 0 Å². The second-order valence-electron chi connectivity index (χ2n) is 10.0. The van der Waals surface area contributed by atoms with E-state index in [0.717, 1.165) is 53.3 Å². The maximum atomic E-state index is 2.60. The van der Waals surface area contributed by atoms with E-state index in [2.05, 4.69) is 62.3 Å². The van der Waals surface area contributed by atoms with Gasteiger partial charge in [-0.1, -0.05) is 101 Å². The quantitative estimate of drug-likeness (QED) is 0.331. The van der Waals surface area contributed by atoms with Crippen LogP contribution in [0, 0.1) is 53.3 Å². The summed E-state index contributed by atoms with van der Waals surface area (Å²) in [5.74, 6) is 7.98. The van der Waals surface area contributed by atoms with Crippen LogP contribution >= 0.6 is 0 Å². The van der Waals surface area contributed by atoms with Crippen LogP contribution in [0.25, 0.3) is 0 Å². The molecule has 8 atom stereocenters. The van der Waals surface area contributed by atoms with E-state index in [-0.39, 0.29) is 0 Å². The second kappa shape index (κ2) is 11.0. The van der Waals surface area contributed by atoms with Crippen LogP contribution in [0.5, 0.6) is 0 Å². The molecule has 0 saturated heterocycles. The van der Waals surface area contributed by atoms with Gasteiger partial charge in [-0.25, -0.2) is 0 Å². The first-order valence-corrected chi connectivity index (χ1v) is 11.8. The first-order valence-electron chi connectivity index (χ1n) is 11.8. The Morgan fingerprint density at radius 3 is 1.60 bits per heavy atom. The minimum atomic E-state index is 0.841. The summed E-state index contributed by atoms with van der Waals surface area (Å²) in [5.41, 5.74) is 0. The van der Waals surface area contributed by atoms with Gasteiger partial charge in [0.2, 0.25) is 0 Å². The van der Waals surface area contributed by atoms with Gasteiger partial charge in [0.15, 0.2) is 0 Å². The molecule has 0 aromatic rings. The summed E-state index contributed by atoms with van der Waals surface area (Å²) in [7, 11) is 0. The Kier molecular flexibility index (Phi) is 10.1. The van der Waals surface area contributed by atoms with Gasteiger partial charge in [0.05, 0.1) is 0 Å². The van der Waals surface area contributed by atoms with Gasteiger partial charge in [0.25, 0.3) is 0 Å². The molecule has 1 fully saturated rings. The highest BCUT2D eigenvalue weighted by molar-refractivity contribution is 4.86. The number of hydrogen-bond donors (Lipinski definition) is 0. The zero-order valence-electron chi connectivity index (χ0n) is 19.1. The van der Waals surface area contributed by atoms with Crippen molar-refractivity contribution < 1.29 is 0 Å². The van der Waals surface area contributed by atoms with Crippen LogP contribution in [-0.2, 0) is 0 Å². The van der Waals surface area contributed by atoms with E-state index in [1.54, 1.807) is 0 Å². The third-order valence-corrected chi connectivity index (χ3v) is 8.69. The predicted molar refractivity (Wildman–Crippen MR) is 115 cm³/mol. The van der Waals surface area contributed by atoms with Gasteiger partial charge >= 0.3 is 0 Å². The van der Waals surface area contributed by atoms with E-state index in [1.807, 2.05) is 0 Å². The lowest BCUT2D eigenvalue weighted by Gasteiger charge is -2.44. The van der Waals surface area contributed by atoms with Crippen molar-refractivity contribution in [2.24, 2.45) is 53.3 Å². The Labute approximate surface area is 160 Å². The molecular weight excluding hydrogens is 300 g/mol. The lowest BCUT2D eigenvalue weighted by molar-refractivity contribution is 0.0512. The Hall–Kier alpha value is 0. The van der Waals surface area contributed by atoms with Crippen LogP contribution < -0.4 is 0 Å². The zero-order chi connectivity index (χ0) is 19.1. The first-order chi connectivity index (χ1) is 11.8. The molecule has 0 spiro atoms. The molecule has 0 aromatic heterocycles. The summed E-state index contributed by atoms with van der Waals surface area (Å²) in [5, 5.41) is 0. The molecule has 0 aliphatic heterocycles. The Morgan fingerprint density at radius 1 is 0.640 bits per heavy atom. The molecule has 150 valence electrons. The lowest BCUT2D eigenvalue weighted by atomic mass is 9.62. The van der Waals surface area contributed by atoms with Crippen LogP contribution in [-0.4, -0.2) is 0 Å². The minimum absolute atomic E-state index is 0.841. The molecule has 25 heavy (non-hydrogen) atoms. The molecule has 8 unspecified atom stereocenters. The molecule has 0 nitrogen and oxygen atoms in total. The van der Waals surface area contributed by atoms with Gasteiger partial charge in [-0.2, -0.15) is 0 Å². The lowest BCUT2D eigenvalue weighted by Crippen LogP contribution is -2.37. The zero-order valence-corrected chi connectivity index (χ0v) is 19.1. The Bertz CT molecular complexity index is 342. The monoisotopic (exact) mass is 350 g/mol. The highest BCUT2D eigenvalue weighted by Crippen LogP contribution is 2.45. The van der Waals surface area contributed by atoms with Crippen LogP contribution in [0.15, 0.2) is 0 Å². The maximum Gasteiger partial charge on any atom is -0.0332 e. The van der Waals surface area contributed by atoms with Crippen molar-refractivity contribution in [1.29, 1.82) is 0 Å². The summed E-state index contributed by atoms with van der Waals surface area (Å²) in [4.78, 5) is 0. The van der Waals surface area contributed by atoms with E-state index in [1.165, 1.54) is 44.9 Å². The van der Waals surface area contributed by atoms with Crippen molar-refractivity contribution in [3.63, 3.8) is 0 Å². The van der Waals surface area contributed by atoms with E-state index >= 15 is 0 Å². The van der Waals surface area contributed by atoms with Gasteiger partial charge in [0.1, 0.15) is 0 Å². The number of rotatable bonds is 12. The summed E-state index contributed by atoms with van der Waals surface area (Å²) >= 11 is 0. The summed E-state index contributed by atoms with van der Waals surface area (Å²) in [6, 6.07) is 0. The fourth-order valence-electron chi connectivity index (χ4n) is 5.97. The smallest absolute Gasteiger partial charge is 0.0332 e.